The lowest BCUT2D eigenvalue weighted by atomic mass is 9.38. The fraction of sp³-hybridized carbons (Fsp3) is 0.821. The molecule has 5 heteroatoms. The van der Waals surface area contributed by atoms with E-state index in [4.69, 9.17) is 5.11 Å². The van der Waals surface area contributed by atoms with Gasteiger partial charge >= 0.3 is 11.9 Å². The van der Waals surface area contributed by atoms with Gasteiger partial charge in [0.2, 0.25) is 0 Å². The van der Waals surface area contributed by atoms with Crippen molar-refractivity contribution in [1.29, 1.82) is 0 Å². The van der Waals surface area contributed by atoms with Crippen molar-refractivity contribution in [3.05, 3.63) is 12.7 Å². The first-order valence-electron chi connectivity index (χ1n) is 13.1. The summed E-state index contributed by atoms with van der Waals surface area (Å²) in [4.78, 5) is 33.9. The highest BCUT2D eigenvalue weighted by Gasteiger charge is 2.65. The third-order valence-corrected chi connectivity index (χ3v) is 11.5. The molecule has 5 saturated carbocycles. The second kappa shape index (κ2) is 8.53. The molecule has 9 atom stereocenters. The number of carboxylic acid groups (broad SMARTS) is 2. The largest absolute Gasteiger partial charge is 0.481 e. The first kappa shape index (κ1) is 24.5. The third-order valence-electron chi connectivity index (χ3n) is 11.5. The highest BCUT2D eigenvalue weighted by atomic mass is 16.4. The molecule has 0 aromatic rings. The fourth-order valence-corrected chi connectivity index (χ4v) is 10.0. The average Bonchev–Trinajstić information content (AvgIpc) is 3.23. The van der Waals surface area contributed by atoms with Crippen LogP contribution in [0.2, 0.25) is 0 Å². The monoisotopic (exact) mass is 458 g/mol. The van der Waals surface area contributed by atoms with E-state index in [0.29, 0.717) is 46.2 Å². The van der Waals surface area contributed by atoms with Gasteiger partial charge in [-0.3, -0.25) is 9.59 Å². The number of carboxylic acids is 2. The van der Waals surface area contributed by atoms with Gasteiger partial charge in [-0.2, -0.15) is 0 Å². The lowest BCUT2D eigenvalue weighted by Gasteiger charge is -2.67. The zero-order valence-electron chi connectivity index (χ0n) is 20.6. The van der Waals surface area contributed by atoms with E-state index in [2.05, 4.69) is 27.4 Å². The van der Waals surface area contributed by atoms with Crippen LogP contribution >= 0.6 is 0 Å². The minimum Gasteiger partial charge on any atom is -0.481 e. The van der Waals surface area contributed by atoms with Crippen molar-refractivity contribution >= 4 is 17.7 Å². The molecular weight excluding hydrogens is 416 g/mol. The molecule has 0 spiro atoms. The molecule has 9 unspecified atom stereocenters. The quantitative estimate of drug-likeness (QED) is 0.497. The molecule has 184 valence electrons. The van der Waals surface area contributed by atoms with Crippen molar-refractivity contribution in [2.45, 2.75) is 91.4 Å². The lowest BCUT2D eigenvalue weighted by Crippen LogP contribution is -2.61. The summed E-state index contributed by atoms with van der Waals surface area (Å²) < 4.78 is 0. The van der Waals surface area contributed by atoms with E-state index < -0.39 is 17.4 Å². The van der Waals surface area contributed by atoms with Crippen LogP contribution < -0.4 is 0 Å². The van der Waals surface area contributed by atoms with Crippen molar-refractivity contribution in [2.75, 3.05) is 0 Å². The summed E-state index contributed by atoms with van der Waals surface area (Å²) in [5, 5.41) is 17.7. The minimum absolute atomic E-state index is 0.238. The van der Waals surface area contributed by atoms with E-state index in [1.54, 1.807) is 0 Å². The molecule has 0 radical (unpaired) electrons. The number of fused-ring (bicyclic) bond motifs is 7. The van der Waals surface area contributed by atoms with Crippen LogP contribution in [0.25, 0.3) is 0 Å². The summed E-state index contributed by atoms with van der Waals surface area (Å²) in [6.45, 7) is 10.2. The predicted octanol–water partition coefficient (Wildman–Crippen LogP) is 5.97. The maximum atomic E-state index is 12.4. The van der Waals surface area contributed by atoms with E-state index in [1.807, 2.05) is 0 Å². The van der Waals surface area contributed by atoms with E-state index >= 15 is 0 Å². The topological polar surface area (TPSA) is 91.7 Å². The molecule has 5 nitrogen and oxygen atoms in total. The predicted molar refractivity (Wildman–Crippen MR) is 127 cm³/mol. The Kier molecular flexibility index (Phi) is 6.33. The van der Waals surface area contributed by atoms with Gasteiger partial charge in [-0.05, 0) is 98.2 Å². The molecule has 0 heterocycles. The Labute approximate surface area is 198 Å². The molecule has 2 N–H and O–H groups in total. The SMILES string of the molecule is C=CC(=O)O.CC1C(=O)CCC2(C)C1CCC1(C)C3CCC4(C(=O)O)CCCC4C3CCC21. The van der Waals surface area contributed by atoms with Crippen LogP contribution in [-0.2, 0) is 14.4 Å². The van der Waals surface area contributed by atoms with Gasteiger partial charge in [0.1, 0.15) is 5.78 Å². The van der Waals surface area contributed by atoms with Crippen molar-refractivity contribution < 1.29 is 24.6 Å². The smallest absolute Gasteiger partial charge is 0.327 e. The van der Waals surface area contributed by atoms with Gasteiger partial charge in [-0.25, -0.2) is 4.79 Å². The maximum absolute atomic E-state index is 12.4. The van der Waals surface area contributed by atoms with Crippen LogP contribution in [0.15, 0.2) is 12.7 Å². The minimum atomic E-state index is -0.981. The molecule has 0 saturated heterocycles. The van der Waals surface area contributed by atoms with Crippen LogP contribution in [0.4, 0.5) is 0 Å². The standard InChI is InChI=1S/C25H38O3.C3H4O2/c1-15-17-8-12-24(3)18-9-14-25(22(27)28)11-4-5-19(25)16(18)6-7-21(24)23(17,2)13-10-20(15)26;1-2-3(4)5/h15-19,21H,4-14H2,1-3H3,(H,27,28);2H,1H2,(H,4,5). The van der Waals surface area contributed by atoms with E-state index in [0.717, 1.165) is 51.0 Å². The van der Waals surface area contributed by atoms with E-state index in [9.17, 15) is 19.5 Å². The molecule has 5 aliphatic carbocycles. The third kappa shape index (κ3) is 3.60. The Bertz CT molecular complexity index is 834. The number of carbonyl (C=O) groups excluding carboxylic acids is 1. The Morgan fingerprint density at radius 3 is 2.18 bits per heavy atom. The van der Waals surface area contributed by atoms with Gasteiger partial charge in [-0.1, -0.05) is 33.8 Å². The van der Waals surface area contributed by atoms with Crippen LogP contribution in [0.3, 0.4) is 0 Å². The lowest BCUT2D eigenvalue weighted by molar-refractivity contribution is -0.191. The molecule has 5 rings (SSSR count). The maximum Gasteiger partial charge on any atom is 0.327 e. The molecule has 0 amide bonds. The Morgan fingerprint density at radius 1 is 0.909 bits per heavy atom. The molecule has 33 heavy (non-hydrogen) atoms. The number of rotatable bonds is 2. The first-order chi connectivity index (χ1) is 15.5. The van der Waals surface area contributed by atoms with Crippen LogP contribution in [0.5, 0.6) is 0 Å². The number of carbonyl (C=O) groups is 3. The summed E-state index contributed by atoms with van der Waals surface area (Å²) in [6.07, 6.45) is 12.8. The Balaban J connectivity index is 0.000000471. The number of ketones is 1. The van der Waals surface area contributed by atoms with Gasteiger partial charge in [0.05, 0.1) is 5.41 Å². The van der Waals surface area contributed by atoms with Crippen molar-refractivity contribution in [3.8, 4) is 0 Å². The molecule has 0 aromatic heterocycles. The molecule has 5 fully saturated rings. The summed E-state index contributed by atoms with van der Waals surface area (Å²) in [5.74, 6) is 2.27. The van der Waals surface area contributed by atoms with Crippen molar-refractivity contribution in [3.63, 3.8) is 0 Å². The Hall–Kier alpha value is -1.65. The summed E-state index contributed by atoms with van der Waals surface area (Å²) in [5.41, 5.74) is 0.251. The summed E-state index contributed by atoms with van der Waals surface area (Å²) in [6, 6.07) is 0. The molecule has 0 aliphatic heterocycles. The highest BCUT2D eigenvalue weighted by molar-refractivity contribution is 5.82. The van der Waals surface area contributed by atoms with Crippen molar-refractivity contribution in [1.82, 2.24) is 0 Å². The number of aliphatic carboxylic acids is 2. The summed E-state index contributed by atoms with van der Waals surface area (Å²) >= 11 is 0. The highest BCUT2D eigenvalue weighted by Crippen LogP contribution is 2.71. The molecular formula is C28H42O5. The Morgan fingerprint density at radius 2 is 1.55 bits per heavy atom. The van der Waals surface area contributed by atoms with E-state index in [-0.39, 0.29) is 5.92 Å². The van der Waals surface area contributed by atoms with Gasteiger partial charge < -0.3 is 10.2 Å². The molecule has 5 aliphatic rings. The first-order valence-corrected chi connectivity index (χ1v) is 13.1. The van der Waals surface area contributed by atoms with Crippen molar-refractivity contribution in [2.24, 2.45) is 51.8 Å². The van der Waals surface area contributed by atoms with Crippen LogP contribution in [0.1, 0.15) is 91.4 Å². The zero-order valence-corrected chi connectivity index (χ0v) is 20.6. The summed E-state index contributed by atoms with van der Waals surface area (Å²) in [7, 11) is 0. The normalized spacial score (nSPS) is 48.2. The average molecular weight is 459 g/mol. The second-order valence-corrected chi connectivity index (χ2v) is 12.4. The zero-order chi connectivity index (χ0) is 24.2. The van der Waals surface area contributed by atoms with Gasteiger partial charge in [0.15, 0.2) is 0 Å². The van der Waals surface area contributed by atoms with Crippen LogP contribution in [0, 0.1) is 51.8 Å². The van der Waals surface area contributed by atoms with Gasteiger partial charge in [0, 0.05) is 18.4 Å². The van der Waals surface area contributed by atoms with Gasteiger partial charge in [0.25, 0.3) is 0 Å². The number of hydrogen-bond acceptors (Lipinski definition) is 3. The second-order valence-electron chi connectivity index (χ2n) is 12.4. The van der Waals surface area contributed by atoms with Gasteiger partial charge in [-0.15, -0.1) is 0 Å². The van der Waals surface area contributed by atoms with Crippen LogP contribution in [-0.4, -0.2) is 27.9 Å². The molecule has 0 bridgehead atoms. The number of Topliss-reactive ketones (excluding diaryl/α,β-unsaturated/α-hetero) is 1. The fourth-order valence-electron chi connectivity index (χ4n) is 10.0. The van der Waals surface area contributed by atoms with E-state index in [1.165, 1.54) is 25.7 Å². The molecule has 0 aromatic carbocycles. The number of hydrogen-bond donors (Lipinski definition) is 2.